The van der Waals surface area contributed by atoms with Crippen molar-refractivity contribution in [3.05, 3.63) is 59.7 Å². The van der Waals surface area contributed by atoms with Crippen molar-refractivity contribution in [1.29, 1.82) is 0 Å². The molecule has 1 aliphatic rings. The van der Waals surface area contributed by atoms with E-state index in [2.05, 4.69) is 62.4 Å². The first-order valence-electron chi connectivity index (χ1n) is 7.03. The highest BCUT2D eigenvalue weighted by Gasteiger charge is 2.15. The zero-order chi connectivity index (χ0) is 12.8. The summed E-state index contributed by atoms with van der Waals surface area (Å²) in [6.45, 7) is 4.42. The van der Waals surface area contributed by atoms with Crippen LogP contribution in [0.1, 0.15) is 73.9 Å². The monoisotopic (exact) mass is 302 g/mol. The van der Waals surface area contributed by atoms with Crippen LogP contribution in [0.4, 0.5) is 0 Å². The molecule has 126 valence electrons. The smallest absolute Gasteiger partial charge is 0.00135 e. The molecule has 0 amide bonds. The second-order valence-electron chi connectivity index (χ2n) is 4.84. The molecule has 1 aliphatic carbocycles. The van der Waals surface area contributed by atoms with Crippen molar-refractivity contribution >= 4 is 0 Å². The van der Waals surface area contributed by atoms with Gasteiger partial charge in [0.2, 0.25) is 0 Å². The third kappa shape index (κ3) is 6.05. The fourth-order valence-electron chi connectivity index (χ4n) is 2.43. The summed E-state index contributed by atoms with van der Waals surface area (Å²) in [7, 11) is 0. The Morgan fingerprint density at radius 1 is 0.636 bits per heavy atom. The van der Waals surface area contributed by atoms with Crippen molar-refractivity contribution in [3.8, 4) is 11.1 Å². The van der Waals surface area contributed by atoms with Gasteiger partial charge in [-0.15, -0.1) is 0 Å². The second-order valence-corrected chi connectivity index (χ2v) is 4.84. The molecule has 2 aromatic rings. The van der Waals surface area contributed by atoms with Gasteiger partial charge in [-0.2, -0.15) is 0 Å². The van der Waals surface area contributed by atoms with Crippen molar-refractivity contribution in [2.45, 2.75) is 69.2 Å². The van der Waals surface area contributed by atoms with Gasteiger partial charge in [-0.3, -0.25) is 0 Å². The van der Waals surface area contributed by atoms with Gasteiger partial charge in [-0.1, -0.05) is 111 Å². The van der Waals surface area contributed by atoms with Gasteiger partial charge >= 0.3 is 0 Å². The highest BCUT2D eigenvalue weighted by molar-refractivity contribution is 5.76. The normalized spacial score (nSPS) is 9.18. The van der Waals surface area contributed by atoms with Gasteiger partial charge in [0.15, 0.2) is 0 Å². The Morgan fingerprint density at radius 2 is 1.00 bits per heavy atom. The Balaban J connectivity index is -0.000000361. The van der Waals surface area contributed by atoms with Crippen LogP contribution >= 0.6 is 0 Å². The summed E-state index contributed by atoms with van der Waals surface area (Å²) >= 11 is 0. The van der Waals surface area contributed by atoms with Crippen LogP contribution in [0, 0.1) is 0 Å². The third-order valence-corrected chi connectivity index (χ3v) is 3.41. The predicted octanol–water partition coefficient (Wildman–Crippen LogP) is 8.00. The average Bonchev–Trinajstić information content (AvgIpc) is 2.79. The fourth-order valence-corrected chi connectivity index (χ4v) is 2.43. The van der Waals surface area contributed by atoms with Gasteiger partial charge in [0.25, 0.3) is 0 Å². The lowest BCUT2D eigenvalue weighted by atomic mass is 10.1. The maximum Gasteiger partial charge on any atom is -0.00135 e. The number of benzene rings is 2. The van der Waals surface area contributed by atoms with Crippen LogP contribution in [-0.4, -0.2) is 0 Å². The summed E-state index contributed by atoms with van der Waals surface area (Å²) in [5.41, 5.74) is 5.75. The van der Waals surface area contributed by atoms with Crippen molar-refractivity contribution in [3.63, 3.8) is 0 Å². The zero-order valence-corrected chi connectivity index (χ0v) is 11.4. The maximum absolute atomic E-state index is 2.22. The van der Waals surface area contributed by atoms with Gasteiger partial charge < -0.3 is 0 Å². The first kappa shape index (κ1) is 25.4. The lowest BCUT2D eigenvalue weighted by molar-refractivity contribution is 0.772. The molecule has 0 bridgehead atoms. The molecule has 2 aromatic carbocycles. The molecule has 0 heteroatoms. The molecule has 0 spiro atoms. The quantitative estimate of drug-likeness (QED) is 0.450. The Labute approximate surface area is 140 Å². The summed E-state index contributed by atoms with van der Waals surface area (Å²) < 4.78 is 0. The van der Waals surface area contributed by atoms with E-state index in [1.807, 2.05) is 0 Å². The molecule has 0 N–H and O–H groups in total. The van der Waals surface area contributed by atoms with Crippen LogP contribution in [0.3, 0.4) is 0 Å². The number of hydrogen-bond acceptors (Lipinski definition) is 0. The van der Waals surface area contributed by atoms with Crippen molar-refractivity contribution in [2.75, 3.05) is 0 Å². The van der Waals surface area contributed by atoms with Crippen molar-refractivity contribution in [2.24, 2.45) is 0 Å². The topological polar surface area (TPSA) is 0 Å². The standard InChI is InChI=1S/C13H10.C5H12.4CH4/c1-3-7-12-10(5-1)9-11-6-2-4-8-13(11)12;1-3-5-4-2;;;;/h1-8H,9H2;3-5H2,1-2H3;4*1H4. The second kappa shape index (κ2) is 13.1. The Bertz CT molecular complexity index is 451. The molecule has 0 radical (unpaired) electrons. The molecule has 0 nitrogen and oxygen atoms in total. The third-order valence-electron chi connectivity index (χ3n) is 3.41. The zero-order valence-electron chi connectivity index (χ0n) is 11.4. The molecular formula is C22H38. The molecule has 3 rings (SSSR count). The van der Waals surface area contributed by atoms with E-state index in [0.717, 1.165) is 6.42 Å². The minimum absolute atomic E-state index is 0. The minimum atomic E-state index is 0. The molecule has 0 unspecified atom stereocenters. The van der Waals surface area contributed by atoms with Crippen LogP contribution in [0.15, 0.2) is 48.5 Å². The Morgan fingerprint density at radius 3 is 1.32 bits per heavy atom. The number of hydrogen-bond donors (Lipinski definition) is 0. The molecule has 0 aromatic heterocycles. The van der Waals surface area contributed by atoms with Crippen LogP contribution in [0.2, 0.25) is 0 Å². The average molecular weight is 303 g/mol. The van der Waals surface area contributed by atoms with Gasteiger partial charge in [0, 0.05) is 0 Å². The molecule has 22 heavy (non-hydrogen) atoms. The van der Waals surface area contributed by atoms with E-state index in [4.69, 9.17) is 0 Å². The highest BCUT2D eigenvalue weighted by Crippen LogP contribution is 2.35. The lowest BCUT2D eigenvalue weighted by Gasteiger charge is -1.98. The Hall–Kier alpha value is -1.56. The number of rotatable bonds is 2. The molecule has 0 saturated carbocycles. The summed E-state index contributed by atoms with van der Waals surface area (Å²) in [5, 5.41) is 0. The van der Waals surface area contributed by atoms with Crippen LogP contribution in [-0.2, 0) is 6.42 Å². The van der Waals surface area contributed by atoms with Crippen molar-refractivity contribution < 1.29 is 0 Å². The summed E-state index contributed by atoms with van der Waals surface area (Å²) in [6, 6.07) is 17.3. The number of fused-ring (bicyclic) bond motifs is 3. The van der Waals surface area contributed by atoms with E-state index < -0.39 is 0 Å². The molecule has 0 fully saturated rings. The van der Waals surface area contributed by atoms with E-state index in [1.54, 1.807) is 0 Å². The predicted molar refractivity (Wildman–Crippen MR) is 107 cm³/mol. The summed E-state index contributed by atoms with van der Waals surface area (Å²) in [4.78, 5) is 0. The summed E-state index contributed by atoms with van der Waals surface area (Å²) in [6.07, 6.45) is 5.18. The van der Waals surface area contributed by atoms with Crippen LogP contribution < -0.4 is 0 Å². The molecule has 0 saturated heterocycles. The van der Waals surface area contributed by atoms with Gasteiger partial charge in [-0.05, 0) is 28.7 Å². The van der Waals surface area contributed by atoms with Crippen LogP contribution in [0.25, 0.3) is 11.1 Å². The lowest BCUT2D eigenvalue weighted by Crippen LogP contribution is -1.77. The van der Waals surface area contributed by atoms with E-state index in [0.29, 0.717) is 0 Å². The molecular weight excluding hydrogens is 264 g/mol. The Kier molecular flexibility index (Phi) is 15.2. The van der Waals surface area contributed by atoms with Gasteiger partial charge in [0.1, 0.15) is 0 Å². The number of unbranched alkanes of at least 4 members (excludes halogenated alkanes) is 2. The van der Waals surface area contributed by atoms with Gasteiger partial charge in [-0.25, -0.2) is 0 Å². The van der Waals surface area contributed by atoms with Gasteiger partial charge in [0.05, 0.1) is 0 Å². The summed E-state index contributed by atoms with van der Waals surface area (Å²) in [5.74, 6) is 0. The first-order valence-corrected chi connectivity index (χ1v) is 7.03. The first-order chi connectivity index (χ1) is 8.86. The molecule has 0 heterocycles. The fraction of sp³-hybridized carbons (Fsp3) is 0.455. The maximum atomic E-state index is 2.22. The largest absolute Gasteiger partial charge is 0.0776 e. The molecule has 0 atom stereocenters. The van der Waals surface area contributed by atoms with E-state index in [-0.39, 0.29) is 29.7 Å². The SMILES string of the molecule is C.C.C.C.CCCCC.c1ccc2c(c1)Cc1ccccc1-2. The van der Waals surface area contributed by atoms with E-state index in [9.17, 15) is 0 Å². The van der Waals surface area contributed by atoms with Crippen molar-refractivity contribution in [1.82, 2.24) is 0 Å². The van der Waals surface area contributed by atoms with E-state index in [1.165, 1.54) is 41.5 Å². The molecule has 0 aliphatic heterocycles. The van der Waals surface area contributed by atoms with E-state index >= 15 is 0 Å². The van der Waals surface area contributed by atoms with Crippen LogP contribution in [0.5, 0.6) is 0 Å². The minimum Gasteiger partial charge on any atom is -0.0776 e. The highest BCUT2D eigenvalue weighted by atomic mass is 14.2.